The van der Waals surface area contributed by atoms with Crippen LogP contribution in [0.25, 0.3) is 12.2 Å². The summed E-state index contributed by atoms with van der Waals surface area (Å²) < 4.78 is 1.11. The Balaban J connectivity index is 2.09. The summed E-state index contributed by atoms with van der Waals surface area (Å²) in [6, 6.07) is 18.6. The molecule has 0 unspecified atom stereocenters. The van der Waals surface area contributed by atoms with E-state index in [0.717, 1.165) is 4.47 Å². The summed E-state index contributed by atoms with van der Waals surface area (Å²) in [5.41, 5.74) is 3.68. The number of hydrogen-bond acceptors (Lipinski definition) is 0. The first-order chi connectivity index (χ1) is 8.74. The van der Waals surface area contributed by atoms with Gasteiger partial charge in [-0.15, -0.1) is 0 Å². The number of allylic oxidation sites excluding steroid dienone is 2. The van der Waals surface area contributed by atoms with Crippen LogP contribution in [0.4, 0.5) is 0 Å². The molecular weight excluding hydrogens is 284 g/mol. The van der Waals surface area contributed by atoms with Crippen molar-refractivity contribution in [2.75, 3.05) is 0 Å². The molecule has 0 aliphatic rings. The zero-order chi connectivity index (χ0) is 12.8. The van der Waals surface area contributed by atoms with Gasteiger partial charge >= 0.3 is 0 Å². The SMILES string of the molecule is CC(/C=C/c1ccc(Br)cc1)=C\c1ccccc1. The summed E-state index contributed by atoms with van der Waals surface area (Å²) in [4.78, 5) is 0. The Hall–Kier alpha value is -1.60. The smallest absolute Gasteiger partial charge is 0.0175 e. The van der Waals surface area contributed by atoms with Crippen molar-refractivity contribution >= 4 is 28.1 Å². The molecule has 0 nitrogen and oxygen atoms in total. The summed E-state index contributed by atoms with van der Waals surface area (Å²) in [6.07, 6.45) is 6.44. The molecule has 0 amide bonds. The van der Waals surface area contributed by atoms with Crippen LogP contribution < -0.4 is 0 Å². The van der Waals surface area contributed by atoms with Crippen molar-refractivity contribution in [1.29, 1.82) is 0 Å². The van der Waals surface area contributed by atoms with Crippen LogP contribution in [0.1, 0.15) is 18.1 Å². The highest BCUT2D eigenvalue weighted by Crippen LogP contribution is 2.13. The average molecular weight is 299 g/mol. The Kier molecular flexibility index (Phi) is 4.54. The molecule has 0 radical (unpaired) electrons. The molecule has 2 aromatic carbocycles. The van der Waals surface area contributed by atoms with E-state index in [-0.39, 0.29) is 0 Å². The van der Waals surface area contributed by atoms with Crippen LogP contribution in [0.15, 0.2) is 70.7 Å². The van der Waals surface area contributed by atoms with E-state index in [1.807, 2.05) is 6.07 Å². The molecule has 0 aliphatic heterocycles. The van der Waals surface area contributed by atoms with E-state index >= 15 is 0 Å². The summed E-state index contributed by atoms with van der Waals surface area (Å²) >= 11 is 3.43. The standard InChI is InChI=1S/C17H15Br/c1-14(13-16-5-3-2-4-6-16)7-8-15-9-11-17(18)12-10-15/h2-13H,1H3/b8-7+,14-13+. The predicted molar refractivity (Wildman–Crippen MR) is 83.3 cm³/mol. The maximum Gasteiger partial charge on any atom is 0.0175 e. The van der Waals surface area contributed by atoms with E-state index in [9.17, 15) is 0 Å². The van der Waals surface area contributed by atoms with Crippen LogP contribution in [-0.2, 0) is 0 Å². The molecule has 90 valence electrons. The Morgan fingerprint density at radius 1 is 0.889 bits per heavy atom. The predicted octanol–water partition coefficient (Wildman–Crippen LogP) is 5.57. The highest BCUT2D eigenvalue weighted by Gasteiger charge is 1.89. The van der Waals surface area contributed by atoms with Crippen molar-refractivity contribution < 1.29 is 0 Å². The summed E-state index contributed by atoms with van der Waals surface area (Å²) in [5.74, 6) is 0. The van der Waals surface area contributed by atoms with Gasteiger partial charge in [-0.2, -0.15) is 0 Å². The summed E-state index contributed by atoms with van der Waals surface area (Å²) in [6.45, 7) is 2.11. The monoisotopic (exact) mass is 298 g/mol. The van der Waals surface area contributed by atoms with Crippen LogP contribution in [0.3, 0.4) is 0 Å². The van der Waals surface area contributed by atoms with Gasteiger partial charge in [-0.05, 0) is 30.2 Å². The van der Waals surface area contributed by atoms with Crippen LogP contribution in [-0.4, -0.2) is 0 Å². The molecule has 0 bridgehead atoms. The third-order valence-corrected chi connectivity index (χ3v) is 3.13. The molecule has 0 fully saturated rings. The quantitative estimate of drug-likeness (QED) is 0.650. The lowest BCUT2D eigenvalue weighted by Crippen LogP contribution is -1.74. The average Bonchev–Trinajstić information content (AvgIpc) is 2.39. The molecule has 0 aliphatic carbocycles. The van der Waals surface area contributed by atoms with Gasteiger partial charge in [0.05, 0.1) is 0 Å². The molecule has 0 N–H and O–H groups in total. The van der Waals surface area contributed by atoms with Crippen molar-refractivity contribution in [2.24, 2.45) is 0 Å². The third-order valence-electron chi connectivity index (χ3n) is 2.60. The van der Waals surface area contributed by atoms with E-state index in [1.54, 1.807) is 0 Å². The molecule has 0 saturated heterocycles. The molecule has 2 rings (SSSR count). The first-order valence-electron chi connectivity index (χ1n) is 5.91. The van der Waals surface area contributed by atoms with Crippen molar-refractivity contribution in [3.63, 3.8) is 0 Å². The van der Waals surface area contributed by atoms with Gasteiger partial charge in [0, 0.05) is 4.47 Å². The second-order valence-electron chi connectivity index (χ2n) is 4.18. The number of rotatable bonds is 3. The van der Waals surface area contributed by atoms with Crippen molar-refractivity contribution in [2.45, 2.75) is 6.92 Å². The highest BCUT2D eigenvalue weighted by molar-refractivity contribution is 9.10. The van der Waals surface area contributed by atoms with E-state index in [1.165, 1.54) is 16.7 Å². The lowest BCUT2D eigenvalue weighted by Gasteiger charge is -1.96. The molecule has 18 heavy (non-hydrogen) atoms. The normalized spacial score (nSPS) is 12.0. The Morgan fingerprint density at radius 2 is 1.56 bits per heavy atom. The first kappa shape index (κ1) is 12.8. The second kappa shape index (κ2) is 6.36. The van der Waals surface area contributed by atoms with Gasteiger partial charge < -0.3 is 0 Å². The minimum absolute atomic E-state index is 1.11. The molecule has 0 spiro atoms. The molecule has 2 aromatic rings. The Bertz CT molecular complexity index is 548. The van der Waals surface area contributed by atoms with Crippen LogP contribution in [0.2, 0.25) is 0 Å². The fourth-order valence-electron chi connectivity index (χ4n) is 1.66. The van der Waals surface area contributed by atoms with E-state index in [2.05, 4.69) is 89.6 Å². The maximum absolute atomic E-state index is 3.43. The molecule has 0 aromatic heterocycles. The van der Waals surface area contributed by atoms with Gasteiger partial charge in [0.2, 0.25) is 0 Å². The molecule has 0 atom stereocenters. The minimum atomic E-state index is 1.11. The van der Waals surface area contributed by atoms with Crippen molar-refractivity contribution in [3.05, 3.63) is 81.8 Å². The molecular formula is C17H15Br. The molecule has 0 saturated carbocycles. The Labute approximate surface area is 117 Å². The largest absolute Gasteiger partial charge is 0.0622 e. The number of halogens is 1. The van der Waals surface area contributed by atoms with Crippen LogP contribution in [0, 0.1) is 0 Å². The van der Waals surface area contributed by atoms with Gasteiger partial charge in [0.25, 0.3) is 0 Å². The van der Waals surface area contributed by atoms with E-state index in [4.69, 9.17) is 0 Å². The number of benzene rings is 2. The lowest BCUT2D eigenvalue weighted by molar-refractivity contribution is 1.54. The zero-order valence-corrected chi connectivity index (χ0v) is 11.9. The molecule has 0 heterocycles. The van der Waals surface area contributed by atoms with E-state index < -0.39 is 0 Å². The molecule has 1 heteroatoms. The van der Waals surface area contributed by atoms with Gasteiger partial charge in [-0.25, -0.2) is 0 Å². The Morgan fingerprint density at radius 3 is 2.22 bits per heavy atom. The second-order valence-corrected chi connectivity index (χ2v) is 5.10. The number of hydrogen-bond donors (Lipinski definition) is 0. The van der Waals surface area contributed by atoms with Crippen LogP contribution >= 0.6 is 15.9 Å². The topological polar surface area (TPSA) is 0 Å². The van der Waals surface area contributed by atoms with Crippen molar-refractivity contribution in [3.8, 4) is 0 Å². The summed E-state index contributed by atoms with van der Waals surface area (Å²) in [5, 5.41) is 0. The fraction of sp³-hybridized carbons (Fsp3) is 0.0588. The summed E-state index contributed by atoms with van der Waals surface area (Å²) in [7, 11) is 0. The maximum atomic E-state index is 3.43. The minimum Gasteiger partial charge on any atom is -0.0622 e. The van der Waals surface area contributed by atoms with Gasteiger partial charge in [-0.3, -0.25) is 0 Å². The fourth-order valence-corrected chi connectivity index (χ4v) is 1.93. The van der Waals surface area contributed by atoms with Gasteiger partial charge in [0.15, 0.2) is 0 Å². The van der Waals surface area contributed by atoms with Crippen molar-refractivity contribution in [1.82, 2.24) is 0 Å². The zero-order valence-electron chi connectivity index (χ0n) is 10.3. The van der Waals surface area contributed by atoms with E-state index in [0.29, 0.717) is 0 Å². The lowest BCUT2D eigenvalue weighted by atomic mass is 10.1. The first-order valence-corrected chi connectivity index (χ1v) is 6.70. The third kappa shape index (κ3) is 4.01. The van der Waals surface area contributed by atoms with Gasteiger partial charge in [-0.1, -0.05) is 82.2 Å². The van der Waals surface area contributed by atoms with Gasteiger partial charge in [0.1, 0.15) is 0 Å². The highest BCUT2D eigenvalue weighted by atomic mass is 79.9. The van der Waals surface area contributed by atoms with Crippen LogP contribution in [0.5, 0.6) is 0 Å².